The van der Waals surface area contributed by atoms with E-state index in [2.05, 4.69) is 21.2 Å². The Hall–Kier alpha value is -2.21. The number of rotatable bonds is 5. The summed E-state index contributed by atoms with van der Waals surface area (Å²) in [4.78, 5) is 22.6. The molecule has 0 saturated carbocycles. The summed E-state index contributed by atoms with van der Waals surface area (Å²) < 4.78 is 0.969. The van der Waals surface area contributed by atoms with Crippen molar-refractivity contribution in [2.75, 3.05) is 0 Å². The van der Waals surface area contributed by atoms with Crippen molar-refractivity contribution < 1.29 is 9.72 Å². The molecule has 0 aliphatic heterocycles. The van der Waals surface area contributed by atoms with Crippen molar-refractivity contribution in [2.45, 2.75) is 19.4 Å². The lowest BCUT2D eigenvalue weighted by Crippen LogP contribution is -2.28. The van der Waals surface area contributed by atoms with E-state index in [9.17, 15) is 14.9 Å². The molecule has 1 atom stereocenters. The number of hydrogen-bond donors (Lipinski definition) is 1. The molecule has 0 aromatic heterocycles. The van der Waals surface area contributed by atoms with Crippen LogP contribution < -0.4 is 5.32 Å². The van der Waals surface area contributed by atoms with Gasteiger partial charge in [0.15, 0.2) is 0 Å². The zero-order valence-corrected chi connectivity index (χ0v) is 13.5. The highest BCUT2D eigenvalue weighted by Gasteiger charge is 2.16. The zero-order chi connectivity index (χ0) is 16.1. The van der Waals surface area contributed by atoms with Crippen LogP contribution in [-0.4, -0.2) is 10.8 Å². The monoisotopic (exact) mass is 362 g/mol. The Balaban J connectivity index is 2.17. The number of benzene rings is 2. The maximum Gasteiger partial charge on any atom is 0.270 e. The summed E-state index contributed by atoms with van der Waals surface area (Å²) >= 11 is 3.37. The van der Waals surface area contributed by atoms with E-state index in [1.165, 1.54) is 18.2 Å². The highest BCUT2D eigenvalue weighted by molar-refractivity contribution is 9.10. The third-order valence-corrected chi connectivity index (χ3v) is 3.83. The van der Waals surface area contributed by atoms with Crippen LogP contribution in [0.5, 0.6) is 0 Å². The molecule has 0 aliphatic rings. The highest BCUT2D eigenvalue weighted by Crippen LogP contribution is 2.20. The van der Waals surface area contributed by atoms with Gasteiger partial charge >= 0.3 is 0 Å². The van der Waals surface area contributed by atoms with Crippen LogP contribution in [0.25, 0.3) is 0 Å². The number of nitro groups is 1. The van der Waals surface area contributed by atoms with Crippen LogP contribution in [0.1, 0.15) is 35.3 Å². The fourth-order valence-electron chi connectivity index (χ4n) is 2.12. The molecule has 2 rings (SSSR count). The van der Waals surface area contributed by atoms with Gasteiger partial charge in [-0.25, -0.2) is 0 Å². The lowest BCUT2D eigenvalue weighted by molar-refractivity contribution is -0.384. The molecule has 0 aliphatic carbocycles. The summed E-state index contributed by atoms with van der Waals surface area (Å²) in [5.74, 6) is -0.321. The molecule has 0 fully saturated rings. The summed E-state index contributed by atoms with van der Waals surface area (Å²) in [6, 6.07) is 13.3. The van der Waals surface area contributed by atoms with Crippen molar-refractivity contribution in [3.63, 3.8) is 0 Å². The van der Waals surface area contributed by atoms with Crippen LogP contribution in [0.3, 0.4) is 0 Å². The van der Waals surface area contributed by atoms with Crippen molar-refractivity contribution in [3.05, 3.63) is 74.2 Å². The third-order valence-electron chi connectivity index (χ3n) is 3.31. The largest absolute Gasteiger partial charge is 0.345 e. The smallest absolute Gasteiger partial charge is 0.270 e. The van der Waals surface area contributed by atoms with Gasteiger partial charge in [0, 0.05) is 22.2 Å². The SMILES string of the molecule is CCC(NC(=O)c1cccc([N+](=O)[O-])c1)c1ccc(Br)cc1. The molecule has 1 unspecified atom stereocenters. The Bertz CT molecular complexity index is 686. The maximum atomic E-state index is 12.3. The van der Waals surface area contributed by atoms with Crippen LogP contribution in [0.2, 0.25) is 0 Å². The molecule has 6 heteroatoms. The van der Waals surface area contributed by atoms with Crippen LogP contribution in [-0.2, 0) is 0 Å². The Labute approximate surface area is 136 Å². The maximum absolute atomic E-state index is 12.3. The molecular formula is C16H15BrN2O3. The van der Waals surface area contributed by atoms with Gasteiger partial charge in [-0.05, 0) is 30.2 Å². The van der Waals surface area contributed by atoms with Crippen molar-refractivity contribution in [1.82, 2.24) is 5.32 Å². The lowest BCUT2D eigenvalue weighted by Gasteiger charge is -2.17. The van der Waals surface area contributed by atoms with Crippen LogP contribution in [0.15, 0.2) is 53.0 Å². The molecule has 1 amide bonds. The number of non-ortho nitro benzene ring substituents is 1. The fourth-order valence-corrected chi connectivity index (χ4v) is 2.38. The van der Waals surface area contributed by atoms with Gasteiger partial charge in [-0.2, -0.15) is 0 Å². The molecule has 0 heterocycles. The van der Waals surface area contributed by atoms with E-state index in [1.54, 1.807) is 6.07 Å². The van der Waals surface area contributed by atoms with E-state index < -0.39 is 4.92 Å². The normalized spacial score (nSPS) is 11.7. The minimum absolute atomic E-state index is 0.0932. The number of hydrogen-bond acceptors (Lipinski definition) is 3. The second-order valence-electron chi connectivity index (χ2n) is 4.79. The first-order valence-corrected chi connectivity index (χ1v) is 7.61. The van der Waals surface area contributed by atoms with Gasteiger partial charge in [0.1, 0.15) is 0 Å². The summed E-state index contributed by atoms with van der Waals surface area (Å²) in [6.45, 7) is 1.97. The van der Waals surface area contributed by atoms with Crippen molar-refractivity contribution in [2.24, 2.45) is 0 Å². The van der Waals surface area contributed by atoms with Gasteiger partial charge in [0.05, 0.1) is 11.0 Å². The predicted octanol–water partition coefficient (Wildman–Crippen LogP) is 4.24. The minimum atomic E-state index is -0.511. The predicted molar refractivity (Wildman–Crippen MR) is 87.7 cm³/mol. The van der Waals surface area contributed by atoms with Gasteiger partial charge in [0.2, 0.25) is 0 Å². The van der Waals surface area contributed by atoms with Gasteiger partial charge in [-0.3, -0.25) is 14.9 Å². The second kappa shape index (κ2) is 7.17. The van der Waals surface area contributed by atoms with E-state index in [0.29, 0.717) is 0 Å². The third kappa shape index (κ3) is 3.92. The van der Waals surface area contributed by atoms with E-state index in [-0.39, 0.29) is 23.2 Å². The first-order valence-electron chi connectivity index (χ1n) is 6.82. The number of nitro benzene ring substituents is 1. The highest BCUT2D eigenvalue weighted by atomic mass is 79.9. The minimum Gasteiger partial charge on any atom is -0.345 e. The fraction of sp³-hybridized carbons (Fsp3) is 0.188. The van der Waals surface area contributed by atoms with Gasteiger partial charge in [-0.15, -0.1) is 0 Å². The topological polar surface area (TPSA) is 72.2 Å². The summed E-state index contributed by atoms with van der Waals surface area (Å²) in [6.07, 6.45) is 0.725. The molecule has 22 heavy (non-hydrogen) atoms. The van der Waals surface area contributed by atoms with Crippen LogP contribution >= 0.6 is 15.9 Å². The van der Waals surface area contributed by atoms with Crippen molar-refractivity contribution in [3.8, 4) is 0 Å². The number of halogens is 1. The van der Waals surface area contributed by atoms with Gasteiger partial charge in [-0.1, -0.05) is 41.1 Å². The van der Waals surface area contributed by atoms with E-state index in [1.807, 2.05) is 31.2 Å². The van der Waals surface area contributed by atoms with E-state index >= 15 is 0 Å². The molecule has 2 aromatic rings. The lowest BCUT2D eigenvalue weighted by atomic mass is 10.0. The molecule has 1 N–H and O–H groups in total. The molecular weight excluding hydrogens is 348 g/mol. The van der Waals surface area contributed by atoms with Crippen LogP contribution in [0, 0.1) is 10.1 Å². The number of nitrogens with zero attached hydrogens (tertiary/aromatic N) is 1. The quantitative estimate of drug-likeness (QED) is 0.638. The molecule has 114 valence electrons. The number of amides is 1. The molecule has 0 radical (unpaired) electrons. The first kappa shape index (κ1) is 16.2. The Kier molecular flexibility index (Phi) is 5.27. The molecule has 0 spiro atoms. The summed E-state index contributed by atoms with van der Waals surface area (Å²) in [5, 5.41) is 13.7. The molecule has 5 nitrogen and oxygen atoms in total. The average molecular weight is 363 g/mol. The average Bonchev–Trinajstić information content (AvgIpc) is 2.53. The Morgan fingerprint density at radius 2 is 1.95 bits per heavy atom. The second-order valence-corrected chi connectivity index (χ2v) is 5.71. The van der Waals surface area contributed by atoms with E-state index in [0.717, 1.165) is 16.5 Å². The standard InChI is InChI=1S/C16H15BrN2O3/c1-2-15(11-6-8-13(17)9-7-11)18-16(20)12-4-3-5-14(10-12)19(21)22/h3-10,15H,2H2,1H3,(H,18,20). The summed E-state index contributed by atoms with van der Waals surface area (Å²) in [7, 11) is 0. The zero-order valence-electron chi connectivity index (χ0n) is 12.0. The number of carbonyl (C=O) groups is 1. The molecule has 0 bridgehead atoms. The van der Waals surface area contributed by atoms with Crippen LogP contribution in [0.4, 0.5) is 5.69 Å². The first-order chi connectivity index (χ1) is 10.5. The number of carbonyl (C=O) groups excluding carboxylic acids is 1. The number of nitrogens with one attached hydrogen (secondary N) is 1. The molecule has 0 saturated heterocycles. The molecule has 2 aromatic carbocycles. The van der Waals surface area contributed by atoms with E-state index in [4.69, 9.17) is 0 Å². The van der Waals surface area contributed by atoms with Crippen molar-refractivity contribution >= 4 is 27.5 Å². The summed E-state index contributed by atoms with van der Waals surface area (Å²) in [5.41, 5.74) is 1.18. The van der Waals surface area contributed by atoms with Gasteiger partial charge < -0.3 is 5.32 Å². The Morgan fingerprint density at radius 3 is 2.55 bits per heavy atom. The van der Waals surface area contributed by atoms with Crippen molar-refractivity contribution in [1.29, 1.82) is 0 Å². The van der Waals surface area contributed by atoms with Gasteiger partial charge in [0.25, 0.3) is 11.6 Å². The Morgan fingerprint density at radius 1 is 1.27 bits per heavy atom.